The maximum atomic E-state index is 12.1. The molecule has 0 unspecified atom stereocenters. The molecule has 0 aliphatic rings. The van der Waals surface area contributed by atoms with E-state index in [4.69, 9.17) is 10.4 Å². The minimum Gasteiger partial charge on any atom is -0.286 e. The molecule has 9 heteroatoms. The minimum absolute atomic E-state index is 0.0552. The van der Waals surface area contributed by atoms with Gasteiger partial charge in [0, 0.05) is 18.0 Å². The van der Waals surface area contributed by atoms with Gasteiger partial charge in [-0.1, -0.05) is 0 Å². The van der Waals surface area contributed by atoms with Gasteiger partial charge in [0.15, 0.2) is 0 Å². The molecule has 0 atom stereocenters. The lowest BCUT2D eigenvalue weighted by molar-refractivity contribution is 0.106. The molecule has 0 amide bonds. The molecule has 0 aliphatic heterocycles. The van der Waals surface area contributed by atoms with Crippen molar-refractivity contribution in [1.29, 1.82) is 5.26 Å². The number of pyridine rings is 1. The lowest BCUT2D eigenvalue weighted by Crippen LogP contribution is -2.14. The Morgan fingerprint density at radius 2 is 1.78 bits per heavy atom. The summed E-state index contributed by atoms with van der Waals surface area (Å²) in [5.74, 6) is -0.552. The molecule has 1 aromatic heterocycles. The Labute approximate surface area is 132 Å². The van der Waals surface area contributed by atoms with Crippen molar-refractivity contribution in [3.63, 3.8) is 0 Å². The highest BCUT2D eigenvalue weighted by Gasteiger charge is 2.13. The maximum Gasteiger partial charge on any atom is 0.238 e. The number of primary sulfonamides is 1. The third-order valence-electron chi connectivity index (χ3n) is 2.74. The summed E-state index contributed by atoms with van der Waals surface area (Å²) in [5, 5.41) is 17.8. The van der Waals surface area contributed by atoms with Crippen LogP contribution in [0.5, 0.6) is 0 Å². The number of sulfonamides is 1. The molecule has 2 rings (SSSR count). The van der Waals surface area contributed by atoms with Crippen molar-refractivity contribution in [2.24, 2.45) is 10.2 Å². The summed E-state index contributed by atoms with van der Waals surface area (Å²) in [5.41, 5.74) is 2.86. The number of anilines is 1. The summed E-state index contributed by atoms with van der Waals surface area (Å²) >= 11 is 0. The second kappa shape index (κ2) is 6.78. The zero-order valence-corrected chi connectivity index (χ0v) is 12.5. The third kappa shape index (κ3) is 4.19. The first-order valence-electron chi connectivity index (χ1n) is 6.23. The fourth-order valence-electron chi connectivity index (χ4n) is 1.61. The Balaban J connectivity index is 2.17. The number of nitrogens with zero attached hydrogens (tertiary/aromatic N) is 3. The van der Waals surface area contributed by atoms with E-state index in [1.807, 2.05) is 0 Å². The first-order chi connectivity index (χ1) is 10.9. The number of aromatic nitrogens is 1. The van der Waals surface area contributed by atoms with Gasteiger partial charge in [0.2, 0.25) is 21.5 Å². The highest BCUT2D eigenvalue weighted by molar-refractivity contribution is 7.89. The van der Waals surface area contributed by atoms with Crippen LogP contribution in [-0.2, 0) is 10.0 Å². The van der Waals surface area contributed by atoms with Crippen LogP contribution in [0.3, 0.4) is 0 Å². The number of hydrazone groups is 1. The average Bonchev–Trinajstić information content (AvgIpc) is 2.55. The van der Waals surface area contributed by atoms with Crippen molar-refractivity contribution in [1.82, 2.24) is 4.98 Å². The Kier molecular flexibility index (Phi) is 4.80. The van der Waals surface area contributed by atoms with Crippen molar-refractivity contribution in [2.45, 2.75) is 4.90 Å². The molecule has 1 aromatic carbocycles. The first-order valence-corrected chi connectivity index (χ1v) is 7.78. The zero-order valence-electron chi connectivity index (χ0n) is 11.7. The number of nitrogens with one attached hydrogen (secondary N) is 1. The van der Waals surface area contributed by atoms with E-state index in [9.17, 15) is 13.2 Å². The predicted molar refractivity (Wildman–Crippen MR) is 83.1 cm³/mol. The third-order valence-corrected chi connectivity index (χ3v) is 3.67. The van der Waals surface area contributed by atoms with Crippen LogP contribution in [0, 0.1) is 11.3 Å². The van der Waals surface area contributed by atoms with Gasteiger partial charge in [-0.3, -0.25) is 15.2 Å². The highest BCUT2D eigenvalue weighted by Crippen LogP contribution is 2.12. The fraction of sp³-hybridized carbons (Fsp3) is 0. The molecular weight excluding hydrogens is 318 g/mol. The number of carbonyl (C=O) groups excluding carboxylic acids is 1. The second-order valence-electron chi connectivity index (χ2n) is 4.32. The molecule has 0 aliphatic carbocycles. The zero-order chi connectivity index (χ0) is 16.9. The van der Waals surface area contributed by atoms with Gasteiger partial charge in [0.1, 0.15) is 6.07 Å². The maximum absolute atomic E-state index is 12.1. The van der Waals surface area contributed by atoms with E-state index in [2.05, 4.69) is 15.5 Å². The van der Waals surface area contributed by atoms with Gasteiger partial charge in [-0.2, -0.15) is 10.4 Å². The van der Waals surface area contributed by atoms with Crippen LogP contribution in [0.15, 0.2) is 58.8 Å². The van der Waals surface area contributed by atoms with E-state index in [0.717, 1.165) is 0 Å². The topological polar surface area (TPSA) is 138 Å². The Bertz CT molecular complexity index is 884. The molecule has 0 radical (unpaired) electrons. The van der Waals surface area contributed by atoms with E-state index < -0.39 is 15.8 Å². The number of ketones is 1. The second-order valence-corrected chi connectivity index (χ2v) is 5.88. The molecule has 8 nitrogen and oxygen atoms in total. The van der Waals surface area contributed by atoms with Crippen LogP contribution in [0.4, 0.5) is 5.69 Å². The summed E-state index contributed by atoms with van der Waals surface area (Å²) in [6, 6.07) is 10.0. The molecule has 1 heterocycles. The molecule has 23 heavy (non-hydrogen) atoms. The Morgan fingerprint density at radius 1 is 1.17 bits per heavy atom. The number of carbonyl (C=O) groups is 1. The average molecular weight is 329 g/mol. The SMILES string of the molecule is N#C/C(=N\Nc1ccc(S(N)(=O)=O)cc1)C(=O)c1ccncc1. The summed E-state index contributed by atoms with van der Waals surface area (Å²) in [7, 11) is -3.78. The van der Waals surface area contributed by atoms with Crippen molar-refractivity contribution in [3.05, 3.63) is 54.4 Å². The van der Waals surface area contributed by atoms with E-state index in [-0.39, 0.29) is 16.2 Å². The van der Waals surface area contributed by atoms with Crippen LogP contribution in [0.25, 0.3) is 0 Å². The summed E-state index contributed by atoms with van der Waals surface area (Å²) in [4.78, 5) is 15.8. The number of nitriles is 1. The van der Waals surface area contributed by atoms with Crippen LogP contribution >= 0.6 is 0 Å². The Hall–Kier alpha value is -3.09. The van der Waals surface area contributed by atoms with E-state index in [0.29, 0.717) is 5.69 Å². The molecule has 0 saturated carbocycles. The number of hydrogen-bond acceptors (Lipinski definition) is 7. The smallest absolute Gasteiger partial charge is 0.238 e. The number of benzene rings is 1. The molecule has 0 spiro atoms. The highest BCUT2D eigenvalue weighted by atomic mass is 32.2. The van der Waals surface area contributed by atoms with Gasteiger partial charge in [-0.05, 0) is 36.4 Å². The molecule has 116 valence electrons. The quantitative estimate of drug-likeness (QED) is 0.475. The van der Waals surface area contributed by atoms with Crippen molar-refractivity contribution in [2.75, 3.05) is 5.43 Å². The van der Waals surface area contributed by atoms with Gasteiger partial charge < -0.3 is 0 Å². The first kappa shape index (κ1) is 16.3. The number of Topliss-reactive ketones (excluding diaryl/α,β-unsaturated/α-hetero) is 1. The van der Waals surface area contributed by atoms with E-state index >= 15 is 0 Å². The number of hydrogen-bond donors (Lipinski definition) is 2. The summed E-state index contributed by atoms with van der Waals surface area (Å²) < 4.78 is 22.3. The molecule has 3 N–H and O–H groups in total. The molecule has 0 fully saturated rings. The lowest BCUT2D eigenvalue weighted by atomic mass is 10.1. The van der Waals surface area contributed by atoms with Gasteiger partial charge in [0.25, 0.3) is 0 Å². The van der Waals surface area contributed by atoms with Crippen molar-refractivity contribution in [3.8, 4) is 6.07 Å². The van der Waals surface area contributed by atoms with E-state index in [1.165, 1.54) is 48.8 Å². The minimum atomic E-state index is -3.78. The Morgan fingerprint density at radius 3 is 2.30 bits per heavy atom. The fourth-order valence-corrected chi connectivity index (χ4v) is 2.12. The standard InChI is InChI=1S/C14H11N5O3S/c15-9-13(14(20)10-5-7-17-8-6-10)19-18-11-1-3-12(4-2-11)23(16,21)22/h1-8,18H,(H2,16,21,22)/b19-13+. The van der Waals surface area contributed by atoms with Crippen LogP contribution in [-0.4, -0.2) is 24.9 Å². The van der Waals surface area contributed by atoms with Crippen molar-refractivity contribution >= 4 is 27.2 Å². The normalized spacial score (nSPS) is 11.6. The van der Waals surface area contributed by atoms with Crippen LogP contribution < -0.4 is 10.6 Å². The molecular formula is C14H11N5O3S. The molecule has 0 saturated heterocycles. The lowest BCUT2D eigenvalue weighted by Gasteiger charge is -2.03. The number of rotatable bonds is 5. The van der Waals surface area contributed by atoms with Gasteiger partial charge in [-0.15, -0.1) is 0 Å². The van der Waals surface area contributed by atoms with Crippen LogP contribution in [0.2, 0.25) is 0 Å². The predicted octanol–water partition coefficient (Wildman–Crippen LogP) is 0.903. The van der Waals surface area contributed by atoms with Gasteiger partial charge >= 0.3 is 0 Å². The monoisotopic (exact) mass is 329 g/mol. The van der Waals surface area contributed by atoms with Gasteiger partial charge in [-0.25, -0.2) is 13.6 Å². The van der Waals surface area contributed by atoms with Gasteiger partial charge in [0.05, 0.1) is 10.6 Å². The molecule has 2 aromatic rings. The van der Waals surface area contributed by atoms with Crippen LogP contribution in [0.1, 0.15) is 10.4 Å². The summed E-state index contributed by atoms with van der Waals surface area (Å²) in [6.45, 7) is 0. The van der Waals surface area contributed by atoms with E-state index in [1.54, 1.807) is 6.07 Å². The largest absolute Gasteiger partial charge is 0.286 e. The number of nitrogens with two attached hydrogens (primary N) is 1. The summed E-state index contributed by atoms with van der Waals surface area (Å²) in [6.07, 6.45) is 2.86. The van der Waals surface area contributed by atoms with Crippen molar-refractivity contribution < 1.29 is 13.2 Å². The molecule has 0 bridgehead atoms.